The Labute approximate surface area is 83.5 Å². The van der Waals surface area contributed by atoms with Crippen LogP contribution in [0.1, 0.15) is 19.8 Å². The number of rotatable bonds is 4. The summed E-state index contributed by atoms with van der Waals surface area (Å²) in [6.45, 7) is 2.12. The van der Waals surface area contributed by atoms with Gasteiger partial charge in [-0.2, -0.15) is 0 Å². The Morgan fingerprint density at radius 2 is 2.21 bits per heavy atom. The van der Waals surface area contributed by atoms with Crippen molar-refractivity contribution >= 4 is 7.82 Å². The predicted molar refractivity (Wildman–Crippen MR) is 53.6 cm³/mol. The molecule has 0 bridgehead atoms. The van der Waals surface area contributed by atoms with E-state index < -0.39 is 7.82 Å². The molecule has 1 aliphatic rings. The Balaban J connectivity index is 2.34. The molecule has 0 saturated heterocycles. The Kier molecular flexibility index (Phi) is 3.67. The second kappa shape index (κ2) is 4.41. The first kappa shape index (κ1) is 11.7. The third-order valence-electron chi connectivity index (χ3n) is 2.26. The molecule has 0 aromatic heterocycles. The van der Waals surface area contributed by atoms with Crippen LogP contribution in [0.25, 0.3) is 0 Å². The highest BCUT2D eigenvalue weighted by molar-refractivity contribution is 7.46. The normalized spacial score (nSPS) is 26.8. The molecule has 1 atom stereocenters. The van der Waals surface area contributed by atoms with Crippen molar-refractivity contribution in [2.24, 2.45) is 5.41 Å². The highest BCUT2D eigenvalue weighted by Gasteiger charge is 2.22. The molecule has 0 saturated carbocycles. The summed E-state index contributed by atoms with van der Waals surface area (Å²) in [5.41, 5.74) is -0.0378. The Bertz CT molecular complexity index is 291. The highest BCUT2D eigenvalue weighted by Crippen LogP contribution is 2.38. The van der Waals surface area contributed by atoms with Gasteiger partial charge in [0.2, 0.25) is 0 Å². The van der Waals surface area contributed by atoms with Gasteiger partial charge in [0.05, 0.1) is 6.61 Å². The van der Waals surface area contributed by atoms with Crippen molar-refractivity contribution < 1.29 is 18.9 Å². The van der Waals surface area contributed by atoms with Gasteiger partial charge in [0.15, 0.2) is 0 Å². The maximum atomic E-state index is 10.4. The van der Waals surface area contributed by atoms with E-state index in [-0.39, 0.29) is 12.0 Å². The van der Waals surface area contributed by atoms with Crippen LogP contribution in [0.3, 0.4) is 0 Å². The van der Waals surface area contributed by atoms with Crippen molar-refractivity contribution in [1.82, 2.24) is 0 Å². The monoisotopic (exact) mass is 218 g/mol. The molecular formula is C9H15O4P. The molecule has 0 aromatic rings. The summed E-state index contributed by atoms with van der Waals surface area (Å²) in [5, 5.41) is 0. The molecule has 0 amide bonds. The Hall–Kier alpha value is -0.410. The summed E-state index contributed by atoms with van der Waals surface area (Å²) in [6, 6.07) is 0. The Morgan fingerprint density at radius 1 is 1.50 bits per heavy atom. The molecule has 2 N–H and O–H groups in total. The van der Waals surface area contributed by atoms with Crippen LogP contribution < -0.4 is 0 Å². The summed E-state index contributed by atoms with van der Waals surface area (Å²) in [7, 11) is -4.31. The first-order chi connectivity index (χ1) is 6.41. The minimum Gasteiger partial charge on any atom is -0.303 e. The van der Waals surface area contributed by atoms with Gasteiger partial charge in [-0.15, -0.1) is 0 Å². The third kappa shape index (κ3) is 4.20. The average molecular weight is 218 g/mol. The lowest BCUT2D eigenvalue weighted by atomic mass is 9.81. The molecule has 5 heteroatoms. The summed E-state index contributed by atoms with van der Waals surface area (Å²) in [4.78, 5) is 17.0. The molecule has 80 valence electrons. The van der Waals surface area contributed by atoms with Crippen molar-refractivity contribution in [3.8, 4) is 0 Å². The predicted octanol–water partition coefficient (Wildman–Crippen LogP) is 2.01. The zero-order valence-electron chi connectivity index (χ0n) is 8.09. The summed E-state index contributed by atoms with van der Waals surface area (Å²) in [5.74, 6) is 0. The fraction of sp³-hybridized carbons (Fsp3) is 0.556. The minimum atomic E-state index is -4.31. The molecular weight excluding hydrogens is 203 g/mol. The molecule has 14 heavy (non-hydrogen) atoms. The van der Waals surface area contributed by atoms with Crippen molar-refractivity contribution in [3.63, 3.8) is 0 Å². The van der Waals surface area contributed by atoms with Crippen LogP contribution in [-0.2, 0) is 9.09 Å². The van der Waals surface area contributed by atoms with Crippen LogP contribution in [0.4, 0.5) is 0 Å². The summed E-state index contributed by atoms with van der Waals surface area (Å²) in [6.07, 6.45) is 9.48. The lowest BCUT2D eigenvalue weighted by Crippen LogP contribution is -2.16. The second-order valence-electron chi connectivity index (χ2n) is 3.72. The van der Waals surface area contributed by atoms with Crippen molar-refractivity contribution in [2.45, 2.75) is 19.8 Å². The van der Waals surface area contributed by atoms with Gasteiger partial charge in [-0.25, -0.2) is 4.57 Å². The highest BCUT2D eigenvalue weighted by atomic mass is 31.2. The van der Waals surface area contributed by atoms with Crippen molar-refractivity contribution in [3.05, 3.63) is 24.3 Å². The SMILES string of the molecule is CC1(CCOP(=O)(O)O)C=CC=CC1. The van der Waals surface area contributed by atoms with Gasteiger partial charge in [0.25, 0.3) is 0 Å². The van der Waals surface area contributed by atoms with Gasteiger partial charge in [-0.1, -0.05) is 31.2 Å². The maximum absolute atomic E-state index is 10.4. The van der Waals surface area contributed by atoms with Gasteiger partial charge >= 0.3 is 7.82 Å². The molecule has 1 aliphatic carbocycles. The number of hydrogen-bond donors (Lipinski definition) is 2. The van der Waals surface area contributed by atoms with E-state index in [0.29, 0.717) is 6.42 Å². The van der Waals surface area contributed by atoms with Gasteiger partial charge in [-0.3, -0.25) is 4.52 Å². The van der Waals surface area contributed by atoms with E-state index in [1.54, 1.807) is 0 Å². The minimum absolute atomic E-state index is 0.0378. The number of phosphoric ester groups is 1. The first-order valence-corrected chi connectivity index (χ1v) is 5.99. The zero-order chi connectivity index (χ0) is 10.7. The molecule has 0 fully saturated rings. The van der Waals surface area contributed by atoms with E-state index in [1.807, 2.05) is 31.2 Å². The summed E-state index contributed by atoms with van der Waals surface area (Å²) >= 11 is 0. The molecule has 0 heterocycles. The largest absolute Gasteiger partial charge is 0.469 e. The zero-order valence-corrected chi connectivity index (χ0v) is 8.98. The topological polar surface area (TPSA) is 66.8 Å². The summed E-state index contributed by atoms with van der Waals surface area (Å²) < 4.78 is 14.8. The smallest absolute Gasteiger partial charge is 0.303 e. The first-order valence-electron chi connectivity index (χ1n) is 4.46. The quantitative estimate of drug-likeness (QED) is 0.708. The van der Waals surface area contributed by atoms with Gasteiger partial charge < -0.3 is 9.79 Å². The Morgan fingerprint density at radius 3 is 2.71 bits per heavy atom. The van der Waals surface area contributed by atoms with Crippen LogP contribution in [-0.4, -0.2) is 16.4 Å². The molecule has 0 aromatic carbocycles. The lowest BCUT2D eigenvalue weighted by molar-refractivity contribution is 0.174. The van der Waals surface area contributed by atoms with Crippen LogP contribution in [0, 0.1) is 5.41 Å². The maximum Gasteiger partial charge on any atom is 0.469 e. The van der Waals surface area contributed by atoms with Crippen molar-refractivity contribution in [1.29, 1.82) is 0 Å². The molecule has 0 radical (unpaired) electrons. The third-order valence-corrected chi connectivity index (χ3v) is 2.78. The number of hydrogen-bond acceptors (Lipinski definition) is 2. The fourth-order valence-corrected chi connectivity index (χ4v) is 1.68. The van der Waals surface area contributed by atoms with Gasteiger partial charge in [0, 0.05) is 0 Å². The molecule has 1 unspecified atom stereocenters. The van der Waals surface area contributed by atoms with Crippen LogP contribution in [0.2, 0.25) is 0 Å². The molecule has 4 nitrogen and oxygen atoms in total. The molecule has 0 spiro atoms. The van der Waals surface area contributed by atoms with Crippen molar-refractivity contribution in [2.75, 3.05) is 6.61 Å². The second-order valence-corrected chi connectivity index (χ2v) is 4.96. The van der Waals surface area contributed by atoms with Crippen LogP contribution in [0.5, 0.6) is 0 Å². The van der Waals surface area contributed by atoms with E-state index in [1.165, 1.54) is 0 Å². The number of allylic oxidation sites excluding steroid dienone is 4. The number of phosphoric acid groups is 1. The van der Waals surface area contributed by atoms with E-state index >= 15 is 0 Å². The standard InChI is InChI=1S/C9H15O4P/c1-9(5-3-2-4-6-9)7-8-13-14(10,11)12/h2-5H,6-8H2,1H3,(H2,10,11,12). The van der Waals surface area contributed by atoms with E-state index in [4.69, 9.17) is 9.79 Å². The van der Waals surface area contributed by atoms with E-state index in [9.17, 15) is 4.57 Å². The fourth-order valence-electron chi connectivity index (χ4n) is 1.35. The van der Waals surface area contributed by atoms with E-state index in [0.717, 1.165) is 6.42 Å². The van der Waals surface area contributed by atoms with E-state index in [2.05, 4.69) is 4.52 Å². The average Bonchev–Trinajstić information content (AvgIpc) is 2.02. The van der Waals surface area contributed by atoms with Gasteiger partial charge in [-0.05, 0) is 18.3 Å². The molecule has 1 rings (SSSR count). The van der Waals surface area contributed by atoms with Gasteiger partial charge in [0.1, 0.15) is 0 Å². The molecule has 0 aliphatic heterocycles. The van der Waals surface area contributed by atoms with Crippen LogP contribution in [0.15, 0.2) is 24.3 Å². The van der Waals surface area contributed by atoms with Crippen LogP contribution >= 0.6 is 7.82 Å². The lowest BCUT2D eigenvalue weighted by Gasteiger charge is -2.26.